The van der Waals surface area contributed by atoms with Gasteiger partial charge in [-0.1, -0.05) is 20.8 Å². The lowest BCUT2D eigenvalue weighted by molar-refractivity contribution is -0.139. The van der Waals surface area contributed by atoms with Crippen molar-refractivity contribution in [2.24, 2.45) is 58.7 Å². The van der Waals surface area contributed by atoms with Crippen molar-refractivity contribution in [3.8, 4) is 0 Å². The van der Waals surface area contributed by atoms with Gasteiger partial charge in [0.1, 0.15) is 0 Å². The van der Waals surface area contributed by atoms with E-state index in [1.54, 1.807) is 0 Å². The van der Waals surface area contributed by atoms with Gasteiger partial charge in [0.25, 0.3) is 0 Å². The highest BCUT2D eigenvalue weighted by Gasteiger charge is 2.64. The smallest absolute Gasteiger partial charge is 0.0577 e. The number of aliphatic hydroxyl groups excluding tert-OH is 3. The first-order valence-electron chi connectivity index (χ1n) is 13.6. The minimum atomic E-state index is -0.271. The summed E-state index contributed by atoms with van der Waals surface area (Å²) in [5.41, 5.74) is 0.168. The number of nitrogens with zero attached hydrogens (tertiary/aromatic N) is 1. The van der Waals surface area contributed by atoms with E-state index in [0.29, 0.717) is 41.5 Å². The van der Waals surface area contributed by atoms with E-state index < -0.39 is 0 Å². The maximum absolute atomic E-state index is 11.4. The summed E-state index contributed by atoms with van der Waals surface area (Å²) >= 11 is 0. The average Bonchev–Trinajstić information content (AvgIpc) is 3.08. The van der Waals surface area contributed by atoms with Gasteiger partial charge in [0, 0.05) is 19.1 Å². The van der Waals surface area contributed by atoms with Crippen molar-refractivity contribution in [3.05, 3.63) is 0 Å². The second-order valence-electron chi connectivity index (χ2n) is 13.3. The van der Waals surface area contributed by atoms with E-state index in [1.807, 2.05) is 0 Å². The maximum Gasteiger partial charge on any atom is 0.0577 e. The van der Waals surface area contributed by atoms with Crippen LogP contribution >= 0.6 is 0 Å². The lowest BCUT2D eigenvalue weighted by Gasteiger charge is -2.58. The van der Waals surface area contributed by atoms with Crippen molar-refractivity contribution in [3.63, 3.8) is 0 Å². The highest BCUT2D eigenvalue weighted by molar-refractivity contribution is 5.13. The van der Waals surface area contributed by atoms with Crippen molar-refractivity contribution in [1.29, 1.82) is 0 Å². The quantitative estimate of drug-likeness (QED) is 0.549. The summed E-state index contributed by atoms with van der Waals surface area (Å²) in [5, 5.41) is 32.9. The van der Waals surface area contributed by atoms with Gasteiger partial charge in [-0.15, -0.1) is 0 Å². The molecule has 0 amide bonds. The Balaban J connectivity index is 1.31. The van der Waals surface area contributed by atoms with E-state index in [1.165, 1.54) is 32.4 Å². The van der Waals surface area contributed by atoms with Crippen molar-refractivity contribution in [2.75, 3.05) is 13.1 Å². The molecule has 2 heterocycles. The van der Waals surface area contributed by atoms with Crippen molar-refractivity contribution in [2.45, 2.75) is 96.5 Å². The van der Waals surface area contributed by atoms with Crippen LogP contribution in [0.15, 0.2) is 0 Å². The molecule has 0 bridgehead atoms. The lowest BCUT2D eigenvalue weighted by Crippen LogP contribution is -2.61. The average molecular weight is 432 g/mol. The first-order valence-corrected chi connectivity index (χ1v) is 13.6. The molecule has 0 aromatic carbocycles. The summed E-state index contributed by atoms with van der Waals surface area (Å²) in [5.74, 6) is 5.31. The van der Waals surface area contributed by atoms with Crippen LogP contribution in [0.3, 0.4) is 0 Å². The molecular weight excluding hydrogens is 386 g/mol. The second-order valence-corrected chi connectivity index (χ2v) is 13.3. The fourth-order valence-corrected chi connectivity index (χ4v) is 10.6. The summed E-state index contributed by atoms with van der Waals surface area (Å²) in [7, 11) is 0. The Kier molecular flexibility index (Phi) is 5.12. The molecule has 0 aromatic rings. The zero-order valence-corrected chi connectivity index (χ0v) is 19.9. The van der Waals surface area contributed by atoms with E-state index in [0.717, 1.165) is 43.9 Å². The largest absolute Gasteiger partial charge is 0.393 e. The van der Waals surface area contributed by atoms with Crippen LogP contribution in [0.4, 0.5) is 0 Å². The molecule has 6 rings (SSSR count). The fraction of sp³-hybridized carbons (Fsp3) is 1.00. The predicted octanol–water partition coefficient (Wildman–Crippen LogP) is 3.53. The number of fused-ring (bicyclic) bond motifs is 8. The van der Waals surface area contributed by atoms with Gasteiger partial charge in [0.15, 0.2) is 0 Å². The number of piperidine rings is 2. The summed E-state index contributed by atoms with van der Waals surface area (Å²) in [6.45, 7) is 9.74. The summed E-state index contributed by atoms with van der Waals surface area (Å²) < 4.78 is 0. The zero-order valence-electron chi connectivity index (χ0n) is 19.9. The molecular formula is C27H45NO3. The Morgan fingerprint density at radius 2 is 1.48 bits per heavy atom. The first kappa shape index (κ1) is 21.4. The van der Waals surface area contributed by atoms with Gasteiger partial charge in [-0.2, -0.15) is 0 Å². The fourth-order valence-electron chi connectivity index (χ4n) is 10.6. The topological polar surface area (TPSA) is 63.9 Å². The molecule has 31 heavy (non-hydrogen) atoms. The normalized spacial score (nSPS) is 61.5. The van der Waals surface area contributed by atoms with Crippen LogP contribution < -0.4 is 0 Å². The minimum Gasteiger partial charge on any atom is -0.393 e. The van der Waals surface area contributed by atoms with Crippen LogP contribution in [-0.4, -0.2) is 57.7 Å². The Morgan fingerprint density at radius 3 is 2.29 bits per heavy atom. The van der Waals surface area contributed by atoms with Crippen LogP contribution in [0.5, 0.6) is 0 Å². The standard InChI is InChI=1S/C27H45NO3/c1-14-4-5-23-15(2)26-20(13-28(23)12-14)17-9-21-19(18(17)10-25(26)31)11-24(30)22-8-16(29)6-7-27(21,22)3/h14-26,29-31H,4-13H2,1-3H3/t14-,15-,16?,17+,18+,19-,20-,21-,22?,23-,24?,25?,26+,27+/m0/s1. The molecule has 4 saturated carbocycles. The number of rotatable bonds is 0. The molecule has 4 unspecified atom stereocenters. The van der Waals surface area contributed by atoms with Crippen LogP contribution in [0.25, 0.3) is 0 Å². The maximum atomic E-state index is 11.4. The van der Waals surface area contributed by atoms with Crippen LogP contribution in [0.1, 0.15) is 72.1 Å². The van der Waals surface area contributed by atoms with Gasteiger partial charge < -0.3 is 15.3 Å². The highest BCUT2D eigenvalue weighted by atomic mass is 16.3. The van der Waals surface area contributed by atoms with Crippen molar-refractivity contribution >= 4 is 0 Å². The Hall–Kier alpha value is -0.160. The molecule has 176 valence electrons. The van der Waals surface area contributed by atoms with E-state index in [9.17, 15) is 15.3 Å². The lowest BCUT2D eigenvalue weighted by atomic mass is 9.51. The Morgan fingerprint density at radius 1 is 0.742 bits per heavy atom. The van der Waals surface area contributed by atoms with Crippen LogP contribution in [0.2, 0.25) is 0 Å². The van der Waals surface area contributed by atoms with E-state index >= 15 is 0 Å². The van der Waals surface area contributed by atoms with Gasteiger partial charge in [-0.3, -0.25) is 4.90 Å². The predicted molar refractivity (Wildman–Crippen MR) is 121 cm³/mol. The monoisotopic (exact) mass is 431 g/mol. The van der Waals surface area contributed by atoms with Gasteiger partial charge in [-0.25, -0.2) is 0 Å². The summed E-state index contributed by atoms with van der Waals surface area (Å²) in [4.78, 5) is 2.81. The molecule has 3 N–H and O–H groups in total. The number of hydrogen-bond acceptors (Lipinski definition) is 4. The van der Waals surface area contributed by atoms with Gasteiger partial charge in [0.2, 0.25) is 0 Å². The summed E-state index contributed by atoms with van der Waals surface area (Å²) in [6.07, 6.45) is 7.94. The van der Waals surface area contributed by atoms with Gasteiger partial charge >= 0.3 is 0 Å². The zero-order chi connectivity index (χ0) is 21.7. The van der Waals surface area contributed by atoms with E-state index in [-0.39, 0.29) is 29.6 Å². The molecule has 0 aromatic heterocycles. The summed E-state index contributed by atoms with van der Waals surface area (Å²) in [6, 6.07) is 0.677. The molecule has 4 nitrogen and oxygen atoms in total. The van der Waals surface area contributed by atoms with E-state index in [2.05, 4.69) is 25.7 Å². The van der Waals surface area contributed by atoms with Crippen molar-refractivity contribution in [1.82, 2.24) is 4.90 Å². The molecule has 6 aliphatic rings. The molecule has 2 saturated heterocycles. The SMILES string of the molecule is C[C@H]1CC[C@H]2[C@H](C)[C@H]3C(O)C[C@@H]4[C@@H](C[C@H]5[C@H]4CC(O)C4CC(O)CC[C@@]45C)[C@@H]3CN2C1. The van der Waals surface area contributed by atoms with Gasteiger partial charge in [0.05, 0.1) is 18.3 Å². The van der Waals surface area contributed by atoms with E-state index in [4.69, 9.17) is 0 Å². The molecule has 2 aliphatic heterocycles. The third-order valence-corrected chi connectivity index (χ3v) is 12.0. The molecule has 0 spiro atoms. The molecule has 4 aliphatic carbocycles. The minimum absolute atomic E-state index is 0.155. The third-order valence-electron chi connectivity index (χ3n) is 12.0. The van der Waals surface area contributed by atoms with Crippen LogP contribution in [0, 0.1) is 58.7 Å². The molecule has 6 fully saturated rings. The Labute approximate surface area is 188 Å². The highest BCUT2D eigenvalue weighted by Crippen LogP contribution is 2.67. The van der Waals surface area contributed by atoms with Crippen LogP contribution in [-0.2, 0) is 0 Å². The molecule has 14 atom stereocenters. The number of aliphatic hydroxyl groups is 3. The van der Waals surface area contributed by atoms with Crippen molar-refractivity contribution < 1.29 is 15.3 Å². The number of hydrogen-bond donors (Lipinski definition) is 3. The third kappa shape index (κ3) is 3.07. The molecule has 4 heteroatoms. The molecule has 0 radical (unpaired) electrons. The Bertz CT molecular complexity index is 700. The second kappa shape index (κ2) is 7.42. The first-order chi connectivity index (χ1) is 14.8. The van der Waals surface area contributed by atoms with Gasteiger partial charge in [-0.05, 0) is 110 Å².